The van der Waals surface area contributed by atoms with Gasteiger partial charge in [-0.2, -0.15) is 0 Å². The summed E-state index contributed by atoms with van der Waals surface area (Å²) >= 11 is 0. The van der Waals surface area contributed by atoms with E-state index in [-0.39, 0.29) is 5.97 Å². The number of esters is 1. The predicted molar refractivity (Wildman–Crippen MR) is 66.5 cm³/mol. The summed E-state index contributed by atoms with van der Waals surface area (Å²) in [4.78, 5) is 11.7. The average molecular weight is 230 g/mol. The van der Waals surface area contributed by atoms with Crippen LogP contribution in [0.5, 0.6) is 5.75 Å². The number of ether oxygens (including phenoxy) is 2. The Morgan fingerprint density at radius 1 is 1.18 bits per heavy atom. The molecule has 0 amide bonds. The topological polar surface area (TPSA) is 35.5 Å². The summed E-state index contributed by atoms with van der Waals surface area (Å²) in [7, 11) is 1.37. The molecule has 0 atom stereocenters. The largest absolute Gasteiger partial charge is 0.492 e. The van der Waals surface area contributed by atoms with Crippen molar-refractivity contribution < 1.29 is 14.3 Å². The van der Waals surface area contributed by atoms with E-state index in [1.807, 2.05) is 37.3 Å². The Morgan fingerprint density at radius 3 is 2.65 bits per heavy atom. The fraction of sp³-hybridized carbons (Fsp3) is 0.214. The molecular weight excluding hydrogens is 216 g/mol. The van der Waals surface area contributed by atoms with Crippen LogP contribution in [0.3, 0.4) is 0 Å². The first-order valence-corrected chi connectivity index (χ1v) is 5.50. The first kappa shape index (κ1) is 11.5. The highest BCUT2D eigenvalue weighted by atomic mass is 16.5. The molecule has 0 radical (unpaired) electrons. The fourth-order valence-corrected chi connectivity index (χ4v) is 1.81. The molecular formula is C14H14O3. The third kappa shape index (κ3) is 2.09. The van der Waals surface area contributed by atoms with Crippen molar-refractivity contribution in [2.75, 3.05) is 13.7 Å². The normalized spacial score (nSPS) is 10.2. The minimum absolute atomic E-state index is 0.376. The molecule has 0 aliphatic carbocycles. The molecule has 17 heavy (non-hydrogen) atoms. The van der Waals surface area contributed by atoms with Crippen LogP contribution in [0.2, 0.25) is 0 Å². The summed E-state index contributed by atoms with van der Waals surface area (Å²) in [6.07, 6.45) is 0. The van der Waals surface area contributed by atoms with Crippen LogP contribution in [0, 0.1) is 0 Å². The van der Waals surface area contributed by atoms with Crippen LogP contribution in [-0.2, 0) is 4.74 Å². The van der Waals surface area contributed by atoms with E-state index in [9.17, 15) is 4.79 Å². The number of fused-ring (bicyclic) bond motifs is 1. The zero-order valence-corrected chi connectivity index (χ0v) is 9.90. The second-order valence-corrected chi connectivity index (χ2v) is 3.59. The highest BCUT2D eigenvalue weighted by molar-refractivity contribution is 6.01. The molecule has 0 saturated heterocycles. The molecule has 2 aromatic rings. The van der Waals surface area contributed by atoms with Crippen molar-refractivity contribution in [2.24, 2.45) is 0 Å². The van der Waals surface area contributed by atoms with Crippen LogP contribution in [0.1, 0.15) is 17.3 Å². The molecule has 0 N–H and O–H groups in total. The van der Waals surface area contributed by atoms with Crippen LogP contribution in [-0.4, -0.2) is 19.7 Å². The van der Waals surface area contributed by atoms with Crippen LogP contribution < -0.4 is 4.74 Å². The van der Waals surface area contributed by atoms with Gasteiger partial charge in [0.15, 0.2) is 0 Å². The van der Waals surface area contributed by atoms with E-state index in [2.05, 4.69) is 0 Å². The number of hydrogen-bond donors (Lipinski definition) is 0. The maximum Gasteiger partial charge on any atom is 0.341 e. The number of carbonyl (C=O) groups is 1. The lowest BCUT2D eigenvalue weighted by molar-refractivity contribution is 0.0596. The van der Waals surface area contributed by atoms with Gasteiger partial charge in [0.05, 0.1) is 13.7 Å². The van der Waals surface area contributed by atoms with Crippen LogP contribution in [0.15, 0.2) is 36.4 Å². The van der Waals surface area contributed by atoms with Gasteiger partial charge in [0.25, 0.3) is 0 Å². The lowest BCUT2D eigenvalue weighted by Crippen LogP contribution is -2.06. The number of methoxy groups -OCH3 is 1. The van der Waals surface area contributed by atoms with E-state index in [1.165, 1.54) is 7.11 Å². The zero-order valence-electron chi connectivity index (χ0n) is 9.90. The van der Waals surface area contributed by atoms with Crippen molar-refractivity contribution >= 4 is 16.7 Å². The summed E-state index contributed by atoms with van der Waals surface area (Å²) in [5.41, 5.74) is 0.466. The zero-order chi connectivity index (χ0) is 12.3. The summed E-state index contributed by atoms with van der Waals surface area (Å²) in [5.74, 6) is 0.219. The van der Waals surface area contributed by atoms with Gasteiger partial charge in [-0.25, -0.2) is 4.79 Å². The van der Waals surface area contributed by atoms with Gasteiger partial charge in [0.2, 0.25) is 0 Å². The van der Waals surface area contributed by atoms with Gasteiger partial charge in [-0.15, -0.1) is 0 Å². The monoisotopic (exact) mass is 230 g/mol. The molecule has 0 unspecified atom stereocenters. The molecule has 3 nitrogen and oxygen atoms in total. The summed E-state index contributed by atoms with van der Waals surface area (Å²) in [6, 6.07) is 11.4. The molecule has 0 heterocycles. The standard InChI is InChI=1S/C14H14O3/c1-3-17-13-11-7-5-4-6-10(11)8-9-12(13)14(15)16-2/h4-9H,3H2,1-2H3. The maximum absolute atomic E-state index is 11.7. The summed E-state index contributed by atoms with van der Waals surface area (Å²) in [6.45, 7) is 2.40. The van der Waals surface area contributed by atoms with E-state index in [0.717, 1.165) is 10.8 Å². The number of benzene rings is 2. The van der Waals surface area contributed by atoms with Crippen molar-refractivity contribution in [1.82, 2.24) is 0 Å². The van der Waals surface area contributed by atoms with E-state index in [0.29, 0.717) is 17.9 Å². The Bertz CT molecular complexity index is 546. The van der Waals surface area contributed by atoms with E-state index in [4.69, 9.17) is 9.47 Å². The second-order valence-electron chi connectivity index (χ2n) is 3.59. The number of rotatable bonds is 3. The molecule has 0 saturated carbocycles. The Kier molecular flexibility index (Phi) is 3.28. The lowest BCUT2D eigenvalue weighted by Gasteiger charge is -2.11. The van der Waals surface area contributed by atoms with E-state index in [1.54, 1.807) is 6.07 Å². The minimum atomic E-state index is -0.376. The van der Waals surface area contributed by atoms with Gasteiger partial charge in [-0.1, -0.05) is 30.3 Å². The lowest BCUT2D eigenvalue weighted by atomic mass is 10.1. The molecule has 0 aromatic heterocycles. The third-order valence-electron chi connectivity index (χ3n) is 2.57. The molecule has 0 aliphatic heterocycles. The van der Waals surface area contributed by atoms with E-state index >= 15 is 0 Å². The molecule has 2 rings (SSSR count). The Hall–Kier alpha value is -2.03. The molecule has 0 bridgehead atoms. The van der Waals surface area contributed by atoms with Gasteiger partial charge in [0.1, 0.15) is 11.3 Å². The summed E-state index contributed by atoms with van der Waals surface area (Å²) in [5, 5.41) is 1.97. The molecule has 88 valence electrons. The number of hydrogen-bond acceptors (Lipinski definition) is 3. The highest BCUT2D eigenvalue weighted by Gasteiger charge is 2.15. The Morgan fingerprint density at radius 2 is 1.94 bits per heavy atom. The van der Waals surface area contributed by atoms with Gasteiger partial charge in [-0.05, 0) is 18.4 Å². The molecule has 0 aliphatic rings. The highest BCUT2D eigenvalue weighted by Crippen LogP contribution is 2.30. The van der Waals surface area contributed by atoms with Crippen molar-refractivity contribution in [2.45, 2.75) is 6.92 Å². The maximum atomic E-state index is 11.7. The van der Waals surface area contributed by atoms with Crippen LogP contribution in [0.4, 0.5) is 0 Å². The molecule has 0 fully saturated rings. The third-order valence-corrected chi connectivity index (χ3v) is 2.57. The Balaban J connectivity index is 2.68. The van der Waals surface area contributed by atoms with Crippen molar-refractivity contribution in [1.29, 1.82) is 0 Å². The van der Waals surface area contributed by atoms with Gasteiger partial charge in [-0.3, -0.25) is 0 Å². The predicted octanol–water partition coefficient (Wildman–Crippen LogP) is 3.03. The van der Waals surface area contributed by atoms with Crippen molar-refractivity contribution in [3.8, 4) is 5.75 Å². The fourth-order valence-electron chi connectivity index (χ4n) is 1.81. The molecule has 0 spiro atoms. The van der Waals surface area contributed by atoms with Gasteiger partial charge >= 0.3 is 5.97 Å². The van der Waals surface area contributed by atoms with E-state index < -0.39 is 0 Å². The van der Waals surface area contributed by atoms with Crippen LogP contribution >= 0.6 is 0 Å². The van der Waals surface area contributed by atoms with Crippen LogP contribution in [0.25, 0.3) is 10.8 Å². The SMILES string of the molecule is CCOc1c(C(=O)OC)ccc2ccccc12. The average Bonchev–Trinajstić information content (AvgIpc) is 2.38. The first-order valence-electron chi connectivity index (χ1n) is 5.50. The van der Waals surface area contributed by atoms with Crippen molar-refractivity contribution in [3.05, 3.63) is 42.0 Å². The Labute approximate surface area is 100.0 Å². The minimum Gasteiger partial charge on any atom is -0.492 e. The summed E-state index contributed by atoms with van der Waals surface area (Å²) < 4.78 is 10.3. The number of carbonyl (C=O) groups excluding carboxylic acids is 1. The first-order chi connectivity index (χ1) is 8.27. The molecule has 3 heteroatoms. The molecule has 2 aromatic carbocycles. The van der Waals surface area contributed by atoms with Gasteiger partial charge in [0, 0.05) is 5.39 Å². The van der Waals surface area contributed by atoms with Gasteiger partial charge < -0.3 is 9.47 Å². The van der Waals surface area contributed by atoms with Crippen molar-refractivity contribution in [3.63, 3.8) is 0 Å². The quantitative estimate of drug-likeness (QED) is 0.760. The smallest absolute Gasteiger partial charge is 0.341 e. The second kappa shape index (κ2) is 4.87.